The number of carbonyl (C=O) groups is 1. The molecule has 0 aliphatic rings. The smallest absolute Gasteiger partial charge is 0.291 e. The van der Waals surface area contributed by atoms with Crippen molar-refractivity contribution in [1.29, 1.82) is 5.26 Å². The highest BCUT2D eigenvalue weighted by Gasteiger charge is 2.10. The third-order valence-electron chi connectivity index (χ3n) is 3.42. The van der Waals surface area contributed by atoms with Gasteiger partial charge in [0.15, 0.2) is 5.76 Å². The third kappa shape index (κ3) is 2.50. The maximum Gasteiger partial charge on any atom is 0.291 e. The molecule has 0 fully saturated rings. The summed E-state index contributed by atoms with van der Waals surface area (Å²) in [5, 5.41) is 11.7. The molecule has 5 heteroatoms. The Hall–Kier alpha value is -3.26. The lowest BCUT2D eigenvalue weighted by atomic mass is 10.1. The quantitative estimate of drug-likeness (QED) is 0.803. The number of aromatic nitrogens is 1. The van der Waals surface area contributed by atoms with E-state index in [1.807, 2.05) is 41.9 Å². The zero-order chi connectivity index (χ0) is 15.5. The van der Waals surface area contributed by atoms with Gasteiger partial charge in [-0.3, -0.25) is 4.79 Å². The Morgan fingerprint density at radius 2 is 1.95 bits per heavy atom. The second kappa shape index (κ2) is 5.62. The Bertz CT molecular complexity index is 837. The van der Waals surface area contributed by atoms with Crippen LogP contribution in [0.2, 0.25) is 0 Å². The molecule has 0 spiro atoms. The summed E-state index contributed by atoms with van der Waals surface area (Å²) in [5.74, 6) is -0.0199. The average molecular weight is 291 g/mol. The van der Waals surface area contributed by atoms with Crippen molar-refractivity contribution in [3.8, 4) is 17.3 Å². The average Bonchev–Trinajstić information content (AvgIpc) is 3.18. The summed E-state index contributed by atoms with van der Waals surface area (Å²) in [6.07, 6.45) is 1.46. The molecule has 0 atom stereocenters. The van der Waals surface area contributed by atoms with Gasteiger partial charge in [0.2, 0.25) is 0 Å². The standard InChI is InChI=1S/C17H13N3O2/c1-20-14(11-18)8-9-15(20)12-4-6-13(7-5-12)19-17(21)16-3-2-10-22-16/h2-10H,1H3,(H,19,21). The van der Waals surface area contributed by atoms with Crippen LogP contribution in [0.4, 0.5) is 5.69 Å². The number of nitriles is 1. The van der Waals surface area contributed by atoms with Crippen LogP contribution in [0.1, 0.15) is 16.2 Å². The first-order chi connectivity index (χ1) is 10.7. The van der Waals surface area contributed by atoms with Gasteiger partial charge in [0, 0.05) is 18.4 Å². The van der Waals surface area contributed by atoms with Crippen molar-refractivity contribution in [2.75, 3.05) is 5.32 Å². The lowest BCUT2D eigenvalue weighted by Gasteiger charge is -2.07. The molecule has 1 amide bonds. The zero-order valence-electron chi connectivity index (χ0n) is 11.9. The van der Waals surface area contributed by atoms with E-state index in [0.717, 1.165) is 11.3 Å². The summed E-state index contributed by atoms with van der Waals surface area (Å²) in [7, 11) is 1.85. The molecule has 0 saturated heterocycles. The molecule has 108 valence electrons. The molecule has 2 aromatic heterocycles. The van der Waals surface area contributed by atoms with Crippen molar-refractivity contribution in [3.63, 3.8) is 0 Å². The molecule has 5 nitrogen and oxygen atoms in total. The molecule has 0 aliphatic carbocycles. The fourth-order valence-electron chi connectivity index (χ4n) is 2.24. The fraction of sp³-hybridized carbons (Fsp3) is 0.0588. The maximum absolute atomic E-state index is 11.9. The summed E-state index contributed by atoms with van der Waals surface area (Å²) in [6, 6.07) is 16.5. The Morgan fingerprint density at radius 1 is 1.18 bits per heavy atom. The second-order valence-electron chi connectivity index (χ2n) is 4.78. The van der Waals surface area contributed by atoms with E-state index in [1.165, 1.54) is 6.26 Å². The van der Waals surface area contributed by atoms with Crippen molar-refractivity contribution in [1.82, 2.24) is 4.57 Å². The minimum Gasteiger partial charge on any atom is -0.459 e. The Kier molecular flexibility index (Phi) is 3.50. The van der Waals surface area contributed by atoms with Crippen LogP contribution in [0.15, 0.2) is 59.2 Å². The number of benzene rings is 1. The number of furan rings is 1. The SMILES string of the molecule is Cn1c(C#N)ccc1-c1ccc(NC(=O)c2ccco2)cc1. The maximum atomic E-state index is 11.9. The Labute approximate surface area is 127 Å². The number of anilines is 1. The van der Waals surface area contributed by atoms with Gasteiger partial charge in [-0.25, -0.2) is 0 Å². The van der Waals surface area contributed by atoms with Gasteiger partial charge in [-0.1, -0.05) is 12.1 Å². The van der Waals surface area contributed by atoms with Crippen molar-refractivity contribution in [2.45, 2.75) is 0 Å². The second-order valence-corrected chi connectivity index (χ2v) is 4.78. The summed E-state index contributed by atoms with van der Waals surface area (Å²) >= 11 is 0. The first-order valence-electron chi connectivity index (χ1n) is 6.70. The van der Waals surface area contributed by atoms with Gasteiger partial charge in [0.1, 0.15) is 11.8 Å². The number of hydrogen-bond acceptors (Lipinski definition) is 3. The van der Waals surface area contributed by atoms with Crippen LogP contribution in [0.25, 0.3) is 11.3 Å². The minimum absolute atomic E-state index is 0.269. The molecule has 0 aliphatic heterocycles. The molecule has 22 heavy (non-hydrogen) atoms. The highest BCUT2D eigenvalue weighted by molar-refractivity contribution is 6.02. The van der Waals surface area contributed by atoms with E-state index >= 15 is 0 Å². The lowest BCUT2D eigenvalue weighted by molar-refractivity contribution is 0.0996. The molecular formula is C17H13N3O2. The number of carbonyl (C=O) groups excluding carboxylic acids is 1. The van der Waals surface area contributed by atoms with Gasteiger partial charge in [-0.2, -0.15) is 5.26 Å². The van der Waals surface area contributed by atoms with E-state index in [2.05, 4.69) is 11.4 Å². The minimum atomic E-state index is -0.289. The number of hydrogen-bond donors (Lipinski definition) is 1. The van der Waals surface area contributed by atoms with Crippen LogP contribution in [0, 0.1) is 11.3 Å². The molecule has 0 bridgehead atoms. The largest absolute Gasteiger partial charge is 0.459 e. The van der Waals surface area contributed by atoms with E-state index in [-0.39, 0.29) is 11.7 Å². The molecule has 3 aromatic rings. The van der Waals surface area contributed by atoms with Crippen LogP contribution >= 0.6 is 0 Å². The third-order valence-corrected chi connectivity index (χ3v) is 3.42. The van der Waals surface area contributed by atoms with Gasteiger partial charge < -0.3 is 14.3 Å². The summed E-state index contributed by atoms with van der Waals surface area (Å²) in [6.45, 7) is 0. The summed E-state index contributed by atoms with van der Waals surface area (Å²) in [5.41, 5.74) is 3.20. The number of nitrogens with zero attached hydrogens (tertiary/aromatic N) is 2. The Balaban J connectivity index is 1.80. The predicted octanol–water partition coefficient (Wildman–Crippen LogP) is 3.41. The van der Waals surface area contributed by atoms with Crippen molar-refractivity contribution >= 4 is 11.6 Å². The van der Waals surface area contributed by atoms with Crippen LogP contribution in [0.3, 0.4) is 0 Å². The van der Waals surface area contributed by atoms with E-state index in [4.69, 9.17) is 9.68 Å². The van der Waals surface area contributed by atoms with Gasteiger partial charge in [-0.05, 0) is 42.0 Å². The summed E-state index contributed by atoms with van der Waals surface area (Å²) in [4.78, 5) is 11.9. The van der Waals surface area contributed by atoms with E-state index in [1.54, 1.807) is 18.2 Å². The van der Waals surface area contributed by atoms with E-state index in [0.29, 0.717) is 11.4 Å². The normalized spacial score (nSPS) is 10.2. The molecule has 1 N–H and O–H groups in total. The fourth-order valence-corrected chi connectivity index (χ4v) is 2.24. The molecule has 0 radical (unpaired) electrons. The monoisotopic (exact) mass is 291 g/mol. The number of nitrogens with one attached hydrogen (secondary N) is 1. The molecule has 2 heterocycles. The molecule has 3 rings (SSSR count). The van der Waals surface area contributed by atoms with Gasteiger partial charge in [0.25, 0.3) is 5.91 Å². The summed E-state index contributed by atoms with van der Waals surface area (Å²) < 4.78 is 6.88. The number of amides is 1. The molecule has 0 unspecified atom stereocenters. The van der Waals surface area contributed by atoms with Crippen molar-refractivity contribution in [2.24, 2.45) is 7.05 Å². The van der Waals surface area contributed by atoms with Crippen LogP contribution < -0.4 is 5.32 Å². The van der Waals surface area contributed by atoms with Gasteiger partial charge in [-0.15, -0.1) is 0 Å². The highest BCUT2D eigenvalue weighted by atomic mass is 16.3. The van der Waals surface area contributed by atoms with E-state index < -0.39 is 0 Å². The lowest BCUT2D eigenvalue weighted by Crippen LogP contribution is -2.10. The first kappa shape index (κ1) is 13.7. The highest BCUT2D eigenvalue weighted by Crippen LogP contribution is 2.23. The van der Waals surface area contributed by atoms with Gasteiger partial charge in [0.05, 0.1) is 6.26 Å². The van der Waals surface area contributed by atoms with Crippen LogP contribution in [0.5, 0.6) is 0 Å². The number of rotatable bonds is 3. The molecule has 1 aromatic carbocycles. The first-order valence-corrected chi connectivity index (χ1v) is 6.70. The molecule has 0 saturated carbocycles. The van der Waals surface area contributed by atoms with Gasteiger partial charge >= 0.3 is 0 Å². The predicted molar refractivity (Wildman–Crippen MR) is 82.2 cm³/mol. The Morgan fingerprint density at radius 3 is 2.55 bits per heavy atom. The van der Waals surface area contributed by atoms with E-state index in [9.17, 15) is 4.79 Å². The zero-order valence-corrected chi connectivity index (χ0v) is 11.9. The topological polar surface area (TPSA) is 71.0 Å². The van der Waals surface area contributed by atoms with Crippen molar-refractivity contribution in [3.05, 3.63) is 66.2 Å². The molecular weight excluding hydrogens is 278 g/mol. The van der Waals surface area contributed by atoms with Crippen LogP contribution in [-0.4, -0.2) is 10.5 Å². The van der Waals surface area contributed by atoms with Crippen molar-refractivity contribution < 1.29 is 9.21 Å². The van der Waals surface area contributed by atoms with Crippen LogP contribution in [-0.2, 0) is 7.05 Å².